The molecular formula is C13H21ClN2OS. The predicted octanol–water partition coefficient (Wildman–Crippen LogP) is 3.44. The van der Waals surface area contributed by atoms with Crippen molar-refractivity contribution in [3.8, 4) is 0 Å². The Hall–Kier alpha value is -0.160. The minimum absolute atomic E-state index is 0.375. The molecule has 2 atom stereocenters. The van der Waals surface area contributed by atoms with Gasteiger partial charge in [0, 0.05) is 18.5 Å². The van der Waals surface area contributed by atoms with Crippen LogP contribution in [0.1, 0.15) is 43.4 Å². The molecule has 2 heterocycles. The van der Waals surface area contributed by atoms with Crippen LogP contribution >= 0.6 is 22.9 Å². The SMILES string of the molecule is CCC1CN(C(CC)c2nc(CCl)cs2)CCO1. The third kappa shape index (κ3) is 3.23. The van der Waals surface area contributed by atoms with Crippen molar-refractivity contribution < 1.29 is 4.74 Å². The van der Waals surface area contributed by atoms with Crippen molar-refractivity contribution in [2.24, 2.45) is 0 Å². The van der Waals surface area contributed by atoms with E-state index in [-0.39, 0.29) is 0 Å². The first-order valence-corrected chi connectivity index (χ1v) is 8.05. The molecule has 1 aliphatic heterocycles. The highest BCUT2D eigenvalue weighted by Gasteiger charge is 2.27. The van der Waals surface area contributed by atoms with E-state index in [1.54, 1.807) is 11.3 Å². The molecule has 0 amide bonds. The van der Waals surface area contributed by atoms with Gasteiger partial charge >= 0.3 is 0 Å². The molecule has 0 aromatic carbocycles. The van der Waals surface area contributed by atoms with E-state index in [9.17, 15) is 0 Å². The van der Waals surface area contributed by atoms with Gasteiger partial charge in [-0.3, -0.25) is 4.90 Å². The lowest BCUT2D eigenvalue weighted by molar-refractivity contribution is -0.0455. The summed E-state index contributed by atoms with van der Waals surface area (Å²) < 4.78 is 5.73. The van der Waals surface area contributed by atoms with Crippen LogP contribution in [-0.4, -0.2) is 35.7 Å². The number of thiazole rings is 1. The normalized spacial score (nSPS) is 23.2. The van der Waals surface area contributed by atoms with E-state index in [1.165, 1.54) is 5.01 Å². The summed E-state index contributed by atoms with van der Waals surface area (Å²) in [5.74, 6) is 0.508. The van der Waals surface area contributed by atoms with Gasteiger partial charge in [0.1, 0.15) is 5.01 Å². The summed E-state index contributed by atoms with van der Waals surface area (Å²) >= 11 is 7.56. The zero-order valence-corrected chi connectivity index (χ0v) is 12.6. The minimum atomic E-state index is 0.375. The van der Waals surface area contributed by atoms with Crippen molar-refractivity contribution in [1.29, 1.82) is 0 Å². The molecule has 2 rings (SSSR count). The van der Waals surface area contributed by atoms with Crippen molar-refractivity contribution in [3.63, 3.8) is 0 Å². The zero-order valence-electron chi connectivity index (χ0n) is 11.1. The molecule has 0 saturated carbocycles. The highest BCUT2D eigenvalue weighted by molar-refractivity contribution is 7.09. The van der Waals surface area contributed by atoms with E-state index in [0.29, 0.717) is 18.0 Å². The average Bonchev–Trinajstić information content (AvgIpc) is 2.88. The van der Waals surface area contributed by atoms with Crippen LogP contribution in [-0.2, 0) is 10.6 Å². The fourth-order valence-electron chi connectivity index (χ4n) is 2.40. The summed E-state index contributed by atoms with van der Waals surface area (Å²) in [6.07, 6.45) is 2.55. The molecule has 0 aliphatic carbocycles. The van der Waals surface area contributed by atoms with Crippen LogP contribution in [0.5, 0.6) is 0 Å². The third-order valence-electron chi connectivity index (χ3n) is 3.44. The van der Waals surface area contributed by atoms with E-state index in [4.69, 9.17) is 16.3 Å². The maximum absolute atomic E-state index is 5.83. The minimum Gasteiger partial charge on any atom is -0.376 e. The molecule has 1 aromatic rings. The molecule has 5 heteroatoms. The van der Waals surface area contributed by atoms with Gasteiger partial charge in [0.2, 0.25) is 0 Å². The number of ether oxygens (including phenoxy) is 1. The van der Waals surface area contributed by atoms with Crippen LogP contribution in [0, 0.1) is 0 Å². The fraction of sp³-hybridized carbons (Fsp3) is 0.769. The second kappa shape index (κ2) is 6.85. The molecule has 2 unspecified atom stereocenters. The molecule has 3 nitrogen and oxygen atoms in total. The monoisotopic (exact) mass is 288 g/mol. The van der Waals surface area contributed by atoms with Gasteiger partial charge in [0.05, 0.1) is 30.3 Å². The van der Waals surface area contributed by atoms with Crippen LogP contribution in [0.3, 0.4) is 0 Å². The lowest BCUT2D eigenvalue weighted by Gasteiger charge is -2.36. The van der Waals surface area contributed by atoms with E-state index in [0.717, 1.165) is 38.2 Å². The van der Waals surface area contributed by atoms with Crippen molar-refractivity contribution in [2.45, 2.75) is 44.7 Å². The molecule has 1 saturated heterocycles. The Balaban J connectivity index is 2.07. The Morgan fingerprint density at radius 2 is 2.44 bits per heavy atom. The Morgan fingerprint density at radius 3 is 3.06 bits per heavy atom. The van der Waals surface area contributed by atoms with Crippen molar-refractivity contribution in [1.82, 2.24) is 9.88 Å². The summed E-state index contributed by atoms with van der Waals surface area (Å²) in [4.78, 5) is 7.14. The Labute approximate surface area is 118 Å². The summed E-state index contributed by atoms with van der Waals surface area (Å²) in [5, 5.41) is 3.27. The summed E-state index contributed by atoms with van der Waals surface area (Å²) in [5.41, 5.74) is 0.996. The maximum Gasteiger partial charge on any atom is 0.110 e. The average molecular weight is 289 g/mol. The quantitative estimate of drug-likeness (QED) is 0.776. The Kier molecular flexibility index (Phi) is 5.42. The predicted molar refractivity (Wildman–Crippen MR) is 76.3 cm³/mol. The molecule has 0 N–H and O–H groups in total. The van der Waals surface area contributed by atoms with Crippen molar-refractivity contribution in [2.75, 3.05) is 19.7 Å². The molecule has 102 valence electrons. The molecule has 1 aliphatic rings. The number of aromatic nitrogens is 1. The summed E-state index contributed by atoms with van der Waals surface area (Å²) in [7, 11) is 0. The van der Waals surface area contributed by atoms with Gasteiger partial charge in [0.15, 0.2) is 0 Å². The molecule has 1 fully saturated rings. The Morgan fingerprint density at radius 1 is 1.61 bits per heavy atom. The van der Waals surface area contributed by atoms with Gasteiger partial charge in [-0.2, -0.15) is 0 Å². The fourth-order valence-corrected chi connectivity index (χ4v) is 3.66. The van der Waals surface area contributed by atoms with Crippen LogP contribution in [0.15, 0.2) is 5.38 Å². The van der Waals surface area contributed by atoms with Crippen molar-refractivity contribution >= 4 is 22.9 Å². The van der Waals surface area contributed by atoms with Gasteiger partial charge in [-0.15, -0.1) is 22.9 Å². The lowest BCUT2D eigenvalue weighted by Crippen LogP contribution is -2.43. The molecule has 1 aromatic heterocycles. The zero-order chi connectivity index (χ0) is 13.0. The summed E-state index contributed by atoms with van der Waals surface area (Å²) in [6, 6.07) is 0.421. The van der Waals surface area contributed by atoms with E-state index < -0.39 is 0 Å². The largest absolute Gasteiger partial charge is 0.376 e. The second-order valence-electron chi connectivity index (χ2n) is 4.63. The van der Waals surface area contributed by atoms with Gasteiger partial charge < -0.3 is 4.74 Å². The number of nitrogens with zero attached hydrogens (tertiary/aromatic N) is 2. The smallest absolute Gasteiger partial charge is 0.110 e. The standard InChI is InChI=1S/C13H21ClN2OS/c1-3-11-8-16(5-6-17-11)12(4-2)13-15-10(7-14)9-18-13/h9,11-12H,3-8H2,1-2H3. The first-order chi connectivity index (χ1) is 8.78. The van der Waals surface area contributed by atoms with Crippen LogP contribution < -0.4 is 0 Å². The molecule has 18 heavy (non-hydrogen) atoms. The van der Waals surface area contributed by atoms with Gasteiger partial charge in [-0.1, -0.05) is 13.8 Å². The topological polar surface area (TPSA) is 25.4 Å². The number of hydrogen-bond acceptors (Lipinski definition) is 4. The highest BCUT2D eigenvalue weighted by Crippen LogP contribution is 2.29. The number of morpholine rings is 1. The molecule has 0 spiro atoms. The second-order valence-corrected chi connectivity index (χ2v) is 5.79. The van der Waals surface area contributed by atoms with Gasteiger partial charge in [-0.05, 0) is 12.8 Å². The number of rotatable bonds is 5. The van der Waals surface area contributed by atoms with Crippen LogP contribution in [0.25, 0.3) is 0 Å². The highest BCUT2D eigenvalue weighted by atomic mass is 35.5. The molecule has 0 bridgehead atoms. The summed E-state index contributed by atoms with van der Waals surface area (Å²) in [6.45, 7) is 7.27. The van der Waals surface area contributed by atoms with E-state index in [2.05, 4.69) is 29.1 Å². The third-order valence-corrected chi connectivity index (χ3v) is 4.71. The van der Waals surface area contributed by atoms with Gasteiger partial charge in [-0.25, -0.2) is 4.98 Å². The Bertz CT molecular complexity index is 372. The van der Waals surface area contributed by atoms with E-state index >= 15 is 0 Å². The first kappa shape index (κ1) is 14.3. The number of halogens is 1. The molecule has 0 radical (unpaired) electrons. The number of alkyl halides is 1. The molecular weight excluding hydrogens is 268 g/mol. The number of hydrogen-bond donors (Lipinski definition) is 0. The van der Waals surface area contributed by atoms with Gasteiger partial charge in [0.25, 0.3) is 0 Å². The van der Waals surface area contributed by atoms with Crippen molar-refractivity contribution in [3.05, 3.63) is 16.1 Å². The van der Waals surface area contributed by atoms with E-state index in [1.807, 2.05) is 0 Å². The first-order valence-electron chi connectivity index (χ1n) is 6.64. The van der Waals surface area contributed by atoms with Crippen LogP contribution in [0.2, 0.25) is 0 Å². The van der Waals surface area contributed by atoms with Crippen LogP contribution in [0.4, 0.5) is 0 Å². The lowest BCUT2D eigenvalue weighted by atomic mass is 10.1. The maximum atomic E-state index is 5.83.